The topological polar surface area (TPSA) is 53.8 Å². The van der Waals surface area contributed by atoms with Gasteiger partial charge >= 0.3 is 0 Å². The Kier molecular flexibility index (Phi) is 7.41. The Balaban J connectivity index is 1.54. The van der Waals surface area contributed by atoms with Crippen molar-refractivity contribution in [2.75, 3.05) is 11.9 Å². The van der Waals surface area contributed by atoms with Crippen LogP contribution in [-0.4, -0.2) is 23.8 Å². The molecule has 5 nitrogen and oxygen atoms in total. The van der Waals surface area contributed by atoms with Crippen molar-refractivity contribution in [2.24, 2.45) is 0 Å². The van der Waals surface area contributed by atoms with Crippen molar-refractivity contribution < 1.29 is 18.4 Å². The molecule has 0 fully saturated rings. The van der Waals surface area contributed by atoms with E-state index in [0.29, 0.717) is 23.4 Å². The first-order valence-corrected chi connectivity index (χ1v) is 11.4. The summed E-state index contributed by atoms with van der Waals surface area (Å²) in [7, 11) is 1.74. The molecule has 1 heterocycles. The van der Waals surface area contributed by atoms with Gasteiger partial charge in [-0.1, -0.05) is 42.5 Å². The predicted molar refractivity (Wildman–Crippen MR) is 133 cm³/mol. The molecule has 0 aliphatic carbocycles. The van der Waals surface area contributed by atoms with Gasteiger partial charge < -0.3 is 14.2 Å². The highest BCUT2D eigenvalue weighted by atomic mass is 19.1. The number of hydrogen-bond acceptors (Lipinski definition) is 3. The number of nitrogens with zero attached hydrogens (tertiary/aromatic N) is 2. The van der Waals surface area contributed by atoms with Crippen molar-refractivity contribution in [1.82, 2.24) is 4.90 Å². The molecule has 3 aromatic carbocycles. The van der Waals surface area contributed by atoms with Gasteiger partial charge in [-0.15, -0.1) is 0 Å². The van der Waals surface area contributed by atoms with E-state index < -0.39 is 0 Å². The lowest BCUT2D eigenvalue weighted by atomic mass is 10.1. The highest BCUT2D eigenvalue weighted by molar-refractivity contribution is 6.07. The summed E-state index contributed by atoms with van der Waals surface area (Å²) in [5.41, 5.74) is 3.64. The third-order valence-electron chi connectivity index (χ3n) is 5.85. The number of aryl methyl sites for hydroxylation is 1. The molecule has 0 bridgehead atoms. The third kappa shape index (κ3) is 6.03. The van der Waals surface area contributed by atoms with Crippen LogP contribution in [0.1, 0.15) is 32.8 Å². The number of rotatable bonds is 8. The third-order valence-corrected chi connectivity index (χ3v) is 5.85. The van der Waals surface area contributed by atoms with E-state index in [1.54, 1.807) is 47.4 Å². The minimum absolute atomic E-state index is 0.0400. The second-order valence-electron chi connectivity index (χ2n) is 8.51. The highest BCUT2D eigenvalue weighted by Crippen LogP contribution is 2.23. The van der Waals surface area contributed by atoms with E-state index >= 15 is 0 Å². The predicted octanol–water partition coefficient (Wildman–Crippen LogP) is 5.78. The van der Waals surface area contributed by atoms with Gasteiger partial charge in [0.2, 0.25) is 5.91 Å². The molecule has 178 valence electrons. The molecule has 0 N–H and O–H groups in total. The molecule has 0 saturated carbocycles. The Bertz CT molecular complexity index is 1300. The van der Waals surface area contributed by atoms with E-state index in [9.17, 15) is 14.0 Å². The van der Waals surface area contributed by atoms with E-state index in [-0.39, 0.29) is 30.6 Å². The first-order chi connectivity index (χ1) is 16.9. The monoisotopic (exact) mass is 470 g/mol. The smallest absolute Gasteiger partial charge is 0.258 e. The minimum Gasteiger partial charge on any atom is -0.467 e. The van der Waals surface area contributed by atoms with Crippen LogP contribution in [-0.2, 0) is 24.3 Å². The van der Waals surface area contributed by atoms with Gasteiger partial charge in [-0.25, -0.2) is 4.39 Å². The SMILES string of the molecule is Cc1ccccc1C(=O)N(Cc1cccc(F)c1)c1ccc(CC(=O)N(C)Cc2ccco2)cc1. The number of carbonyl (C=O) groups excluding carboxylic acids is 2. The number of benzene rings is 3. The number of carbonyl (C=O) groups is 2. The van der Waals surface area contributed by atoms with E-state index in [2.05, 4.69) is 0 Å². The minimum atomic E-state index is -0.349. The molecular weight excluding hydrogens is 443 g/mol. The number of likely N-dealkylation sites (N-methyl/N-ethyl adjacent to an activating group) is 1. The maximum absolute atomic E-state index is 13.8. The second kappa shape index (κ2) is 10.8. The molecule has 0 unspecified atom stereocenters. The molecule has 4 rings (SSSR count). The fraction of sp³-hybridized carbons (Fsp3) is 0.172. The molecule has 1 aromatic heterocycles. The van der Waals surface area contributed by atoms with Crippen LogP contribution in [0.15, 0.2) is 95.6 Å². The lowest BCUT2D eigenvalue weighted by molar-refractivity contribution is -0.129. The molecule has 4 aromatic rings. The zero-order valence-electron chi connectivity index (χ0n) is 19.8. The average molecular weight is 471 g/mol. The van der Waals surface area contributed by atoms with Crippen molar-refractivity contribution in [3.63, 3.8) is 0 Å². The van der Waals surface area contributed by atoms with Gasteiger partial charge in [0.25, 0.3) is 5.91 Å². The number of amides is 2. The fourth-order valence-electron chi connectivity index (χ4n) is 3.88. The van der Waals surface area contributed by atoms with Gasteiger partial charge in [0, 0.05) is 18.3 Å². The molecule has 0 radical (unpaired) electrons. The zero-order valence-corrected chi connectivity index (χ0v) is 19.8. The number of furan rings is 1. The van der Waals surface area contributed by atoms with Crippen LogP contribution in [0.4, 0.5) is 10.1 Å². The van der Waals surface area contributed by atoms with Gasteiger partial charge in [0.1, 0.15) is 11.6 Å². The summed E-state index contributed by atoms with van der Waals surface area (Å²) in [6, 6.07) is 24.6. The summed E-state index contributed by atoms with van der Waals surface area (Å²) >= 11 is 0. The summed E-state index contributed by atoms with van der Waals surface area (Å²) in [4.78, 5) is 29.4. The van der Waals surface area contributed by atoms with Crippen LogP contribution < -0.4 is 4.90 Å². The van der Waals surface area contributed by atoms with Crippen LogP contribution in [0.3, 0.4) is 0 Å². The van der Waals surface area contributed by atoms with E-state index in [4.69, 9.17) is 4.42 Å². The van der Waals surface area contributed by atoms with E-state index in [1.807, 2.05) is 55.5 Å². The normalized spacial score (nSPS) is 10.7. The zero-order chi connectivity index (χ0) is 24.8. The Morgan fingerprint density at radius 1 is 0.857 bits per heavy atom. The summed E-state index contributed by atoms with van der Waals surface area (Å²) < 4.78 is 19.1. The molecule has 0 aliphatic heterocycles. The molecule has 0 atom stereocenters. The maximum Gasteiger partial charge on any atom is 0.258 e. The lowest BCUT2D eigenvalue weighted by Crippen LogP contribution is -2.31. The highest BCUT2D eigenvalue weighted by Gasteiger charge is 2.20. The van der Waals surface area contributed by atoms with Gasteiger partial charge in [-0.2, -0.15) is 0 Å². The summed E-state index contributed by atoms with van der Waals surface area (Å²) in [6.45, 7) is 2.51. The van der Waals surface area contributed by atoms with Gasteiger partial charge in [-0.3, -0.25) is 9.59 Å². The van der Waals surface area contributed by atoms with Crippen LogP contribution in [0.25, 0.3) is 0 Å². The summed E-state index contributed by atoms with van der Waals surface area (Å²) in [5, 5.41) is 0. The number of hydrogen-bond donors (Lipinski definition) is 0. The van der Waals surface area contributed by atoms with Gasteiger partial charge in [0.15, 0.2) is 0 Å². The van der Waals surface area contributed by atoms with Crippen LogP contribution in [0.5, 0.6) is 0 Å². The molecule has 0 spiro atoms. The van der Waals surface area contributed by atoms with E-state index in [0.717, 1.165) is 16.9 Å². The molecule has 0 saturated heterocycles. The molecule has 35 heavy (non-hydrogen) atoms. The largest absolute Gasteiger partial charge is 0.467 e. The van der Waals surface area contributed by atoms with Gasteiger partial charge in [0.05, 0.1) is 25.8 Å². The second-order valence-corrected chi connectivity index (χ2v) is 8.51. The molecule has 2 amide bonds. The Labute approximate surface area is 204 Å². The van der Waals surface area contributed by atoms with Gasteiger partial charge in [-0.05, 0) is 66.1 Å². The first kappa shape index (κ1) is 24.0. The van der Waals surface area contributed by atoms with Crippen molar-refractivity contribution in [2.45, 2.75) is 26.4 Å². The van der Waals surface area contributed by atoms with E-state index in [1.165, 1.54) is 12.1 Å². The quantitative estimate of drug-likeness (QED) is 0.328. The standard InChI is InChI=1S/C29H27FN2O3/c1-21-7-3-4-11-27(21)29(34)32(19-23-8-5-9-24(30)17-23)25-14-12-22(13-15-25)18-28(33)31(2)20-26-10-6-16-35-26/h3-17H,18-20H2,1-2H3. The Morgan fingerprint density at radius 2 is 1.63 bits per heavy atom. The molecule has 0 aliphatic rings. The van der Waals surface area contributed by atoms with Crippen LogP contribution in [0.2, 0.25) is 0 Å². The van der Waals surface area contributed by atoms with Crippen molar-refractivity contribution in [3.05, 3.63) is 125 Å². The number of halogens is 1. The molecule has 6 heteroatoms. The Morgan fingerprint density at radius 3 is 2.31 bits per heavy atom. The van der Waals surface area contributed by atoms with Crippen LogP contribution in [0, 0.1) is 12.7 Å². The summed E-state index contributed by atoms with van der Waals surface area (Å²) in [6.07, 6.45) is 1.81. The lowest BCUT2D eigenvalue weighted by Gasteiger charge is -2.24. The molecular formula is C29H27FN2O3. The van der Waals surface area contributed by atoms with Crippen molar-refractivity contribution >= 4 is 17.5 Å². The fourth-order valence-corrected chi connectivity index (χ4v) is 3.88. The Hall–Kier alpha value is -4.19. The maximum atomic E-state index is 13.8. The number of anilines is 1. The average Bonchev–Trinajstić information content (AvgIpc) is 3.36. The van der Waals surface area contributed by atoms with Crippen molar-refractivity contribution in [3.8, 4) is 0 Å². The first-order valence-electron chi connectivity index (χ1n) is 11.4. The van der Waals surface area contributed by atoms with Crippen molar-refractivity contribution in [1.29, 1.82) is 0 Å². The summed E-state index contributed by atoms with van der Waals surface area (Å²) in [5.74, 6) is 0.161. The van der Waals surface area contributed by atoms with Crippen LogP contribution >= 0.6 is 0 Å².